The second-order valence-electron chi connectivity index (χ2n) is 5.01. The third kappa shape index (κ3) is 4.16. The molecule has 6 heteroatoms. The van der Waals surface area contributed by atoms with Gasteiger partial charge in [0.1, 0.15) is 0 Å². The van der Waals surface area contributed by atoms with E-state index in [4.69, 9.17) is 5.73 Å². The van der Waals surface area contributed by atoms with Crippen molar-refractivity contribution in [3.63, 3.8) is 0 Å². The third-order valence-electron chi connectivity index (χ3n) is 3.37. The summed E-state index contributed by atoms with van der Waals surface area (Å²) >= 11 is 4.31. The number of benzene rings is 2. The third-order valence-corrected chi connectivity index (χ3v) is 3.81. The van der Waals surface area contributed by atoms with Crippen LogP contribution in [-0.2, 0) is 17.6 Å². The maximum atomic E-state index is 12.2. The largest absolute Gasteiger partial charge is 0.321 e. The summed E-state index contributed by atoms with van der Waals surface area (Å²) in [6.07, 6.45) is 0.583. The Morgan fingerprint density at radius 1 is 1.18 bits per heavy atom. The number of thiol groups is 1. The summed E-state index contributed by atoms with van der Waals surface area (Å²) in [5.41, 5.74) is 7.60. The van der Waals surface area contributed by atoms with Crippen molar-refractivity contribution in [2.45, 2.75) is 23.8 Å². The molecule has 2 aromatic carbocycles. The molecule has 2 rings (SSSR count). The van der Waals surface area contributed by atoms with Crippen molar-refractivity contribution in [2.24, 2.45) is 5.73 Å². The van der Waals surface area contributed by atoms with Gasteiger partial charge in [0.2, 0.25) is 0 Å². The number of nitrogens with zero attached hydrogens (tertiary/aromatic N) is 1. The summed E-state index contributed by atoms with van der Waals surface area (Å²) in [4.78, 5) is 23.1. The molecule has 0 aliphatic carbocycles. The Morgan fingerprint density at radius 2 is 1.82 bits per heavy atom. The quantitative estimate of drug-likeness (QED) is 0.487. The lowest BCUT2D eigenvalue weighted by Gasteiger charge is -2.11. The van der Waals surface area contributed by atoms with Crippen LogP contribution in [0.15, 0.2) is 53.4 Å². The van der Waals surface area contributed by atoms with Gasteiger partial charge in [-0.15, -0.1) is 12.6 Å². The average molecular weight is 316 g/mol. The smallest absolute Gasteiger partial charge is 0.269 e. The number of carbonyl (C=O) groups excluding carboxylic acids is 1. The maximum Gasteiger partial charge on any atom is 0.269 e. The summed E-state index contributed by atoms with van der Waals surface area (Å²) in [6.45, 7) is 0. The van der Waals surface area contributed by atoms with Gasteiger partial charge in [-0.05, 0) is 23.6 Å². The Balaban J connectivity index is 1.99. The minimum atomic E-state index is -0.644. The molecular weight excluding hydrogens is 300 g/mol. The Kier molecular flexibility index (Phi) is 5.30. The molecule has 0 fully saturated rings. The Labute approximate surface area is 133 Å². The summed E-state index contributed by atoms with van der Waals surface area (Å²) in [5.74, 6) is -0.0835. The number of rotatable bonds is 6. The van der Waals surface area contributed by atoms with Crippen molar-refractivity contribution in [2.75, 3.05) is 0 Å². The van der Waals surface area contributed by atoms with Gasteiger partial charge in [0.15, 0.2) is 5.78 Å². The zero-order valence-electron chi connectivity index (χ0n) is 11.8. The molecule has 114 valence electrons. The monoisotopic (exact) mass is 316 g/mol. The fourth-order valence-corrected chi connectivity index (χ4v) is 2.34. The van der Waals surface area contributed by atoms with E-state index < -0.39 is 11.0 Å². The molecule has 0 unspecified atom stereocenters. The van der Waals surface area contributed by atoms with Crippen molar-refractivity contribution in [1.82, 2.24) is 0 Å². The standard InChI is InChI=1S/C16H16N2O3S/c17-14(9-11-5-7-13(8-6-11)18(20)21)15(19)10-12-3-1-2-4-16(12)22/h1-8,14,22H,9-10,17H2/t14-/m0/s1. The van der Waals surface area contributed by atoms with Crippen LogP contribution in [0.25, 0.3) is 0 Å². The highest BCUT2D eigenvalue weighted by molar-refractivity contribution is 7.80. The van der Waals surface area contributed by atoms with Gasteiger partial charge < -0.3 is 5.73 Å². The molecule has 0 aliphatic heterocycles. The summed E-state index contributed by atoms with van der Waals surface area (Å²) in [6, 6.07) is 12.8. The van der Waals surface area contributed by atoms with E-state index in [-0.39, 0.29) is 17.9 Å². The average Bonchev–Trinajstić information content (AvgIpc) is 2.50. The fraction of sp³-hybridized carbons (Fsp3) is 0.188. The van der Waals surface area contributed by atoms with Crippen LogP contribution in [0.3, 0.4) is 0 Å². The Morgan fingerprint density at radius 3 is 2.41 bits per heavy atom. The molecule has 22 heavy (non-hydrogen) atoms. The van der Waals surface area contributed by atoms with Crippen LogP contribution in [0.1, 0.15) is 11.1 Å². The predicted molar refractivity (Wildman–Crippen MR) is 87.2 cm³/mol. The minimum Gasteiger partial charge on any atom is -0.321 e. The summed E-state index contributed by atoms with van der Waals surface area (Å²) < 4.78 is 0. The van der Waals surface area contributed by atoms with Crippen LogP contribution in [-0.4, -0.2) is 16.7 Å². The van der Waals surface area contributed by atoms with Gasteiger partial charge >= 0.3 is 0 Å². The number of non-ortho nitro benzene ring substituents is 1. The van der Waals surface area contributed by atoms with Crippen molar-refractivity contribution < 1.29 is 9.72 Å². The number of nitro groups is 1. The lowest BCUT2D eigenvalue weighted by molar-refractivity contribution is -0.384. The van der Waals surface area contributed by atoms with Gasteiger partial charge in [-0.1, -0.05) is 30.3 Å². The van der Waals surface area contributed by atoms with E-state index in [0.717, 1.165) is 16.0 Å². The zero-order valence-corrected chi connectivity index (χ0v) is 12.7. The highest BCUT2D eigenvalue weighted by atomic mass is 32.1. The predicted octanol–water partition coefficient (Wildman–Crippen LogP) is 2.57. The van der Waals surface area contributed by atoms with Gasteiger partial charge in [-0.25, -0.2) is 0 Å². The first-order valence-electron chi connectivity index (χ1n) is 6.76. The molecule has 0 aliphatic rings. The molecule has 5 nitrogen and oxygen atoms in total. The van der Waals surface area contributed by atoms with Crippen LogP contribution < -0.4 is 5.73 Å². The van der Waals surface area contributed by atoms with Crippen molar-refractivity contribution >= 4 is 24.1 Å². The van der Waals surface area contributed by atoms with E-state index in [1.54, 1.807) is 12.1 Å². The molecule has 0 bridgehead atoms. The van der Waals surface area contributed by atoms with Crippen molar-refractivity contribution in [3.8, 4) is 0 Å². The van der Waals surface area contributed by atoms with Crippen molar-refractivity contribution in [3.05, 3.63) is 69.8 Å². The first kappa shape index (κ1) is 16.2. The zero-order chi connectivity index (χ0) is 16.1. The number of Topliss-reactive ketones (excluding diaryl/α,β-unsaturated/α-hetero) is 1. The Bertz CT molecular complexity index is 686. The molecule has 0 amide bonds. The van der Waals surface area contributed by atoms with Crippen LogP contribution in [0, 0.1) is 10.1 Å². The van der Waals surface area contributed by atoms with E-state index in [1.807, 2.05) is 24.3 Å². The topological polar surface area (TPSA) is 86.2 Å². The van der Waals surface area contributed by atoms with Crippen LogP contribution in [0.5, 0.6) is 0 Å². The fourth-order valence-electron chi connectivity index (χ4n) is 2.10. The molecule has 1 atom stereocenters. The molecule has 0 saturated heterocycles. The first-order valence-corrected chi connectivity index (χ1v) is 7.20. The van der Waals surface area contributed by atoms with Gasteiger partial charge in [-0.2, -0.15) is 0 Å². The molecule has 0 spiro atoms. The number of ketones is 1. The molecule has 2 N–H and O–H groups in total. The van der Waals surface area contributed by atoms with Gasteiger partial charge in [0.05, 0.1) is 11.0 Å². The molecule has 0 aromatic heterocycles. The van der Waals surface area contributed by atoms with E-state index in [2.05, 4.69) is 12.6 Å². The van der Waals surface area contributed by atoms with Gasteiger partial charge in [0.25, 0.3) is 5.69 Å². The lowest BCUT2D eigenvalue weighted by atomic mass is 9.98. The van der Waals surface area contributed by atoms with Gasteiger partial charge in [0, 0.05) is 23.4 Å². The second kappa shape index (κ2) is 7.20. The highest BCUT2D eigenvalue weighted by Crippen LogP contribution is 2.16. The molecule has 2 aromatic rings. The van der Waals surface area contributed by atoms with Crippen LogP contribution in [0.2, 0.25) is 0 Å². The van der Waals surface area contributed by atoms with Gasteiger partial charge in [-0.3, -0.25) is 14.9 Å². The Hall–Kier alpha value is -2.18. The maximum absolute atomic E-state index is 12.2. The van der Waals surface area contributed by atoms with Crippen LogP contribution >= 0.6 is 12.6 Å². The van der Waals surface area contributed by atoms with E-state index in [0.29, 0.717) is 6.42 Å². The van der Waals surface area contributed by atoms with Crippen LogP contribution in [0.4, 0.5) is 5.69 Å². The highest BCUT2D eigenvalue weighted by Gasteiger charge is 2.16. The van der Waals surface area contributed by atoms with Crippen molar-refractivity contribution in [1.29, 1.82) is 0 Å². The number of nitro benzene ring substituents is 1. The minimum absolute atomic E-state index is 0.0210. The number of nitrogens with two attached hydrogens (primary N) is 1. The van der Waals surface area contributed by atoms with E-state index >= 15 is 0 Å². The SMILES string of the molecule is N[C@@H](Cc1ccc([N+](=O)[O-])cc1)C(=O)Cc1ccccc1S. The first-order chi connectivity index (χ1) is 10.5. The molecule has 0 saturated carbocycles. The number of hydrogen-bond acceptors (Lipinski definition) is 5. The molecule has 0 heterocycles. The molecule has 0 radical (unpaired) electrons. The molecular formula is C16H16N2O3S. The van der Waals surface area contributed by atoms with E-state index in [9.17, 15) is 14.9 Å². The second-order valence-corrected chi connectivity index (χ2v) is 5.49. The summed E-state index contributed by atoms with van der Waals surface area (Å²) in [7, 11) is 0. The normalized spacial score (nSPS) is 11.9. The van der Waals surface area contributed by atoms with E-state index in [1.165, 1.54) is 12.1 Å². The number of carbonyl (C=O) groups is 1. The summed E-state index contributed by atoms with van der Waals surface area (Å²) in [5, 5.41) is 10.6. The lowest BCUT2D eigenvalue weighted by Crippen LogP contribution is -2.34. The number of hydrogen-bond donors (Lipinski definition) is 2.